The lowest BCUT2D eigenvalue weighted by molar-refractivity contribution is -0.117. The molecule has 1 amide bonds. The molecule has 0 aliphatic carbocycles. The van der Waals surface area contributed by atoms with E-state index in [2.05, 4.69) is 10.0 Å². The van der Waals surface area contributed by atoms with E-state index in [1.54, 1.807) is 31.2 Å². The number of nitrogens with one attached hydrogen (secondary N) is 2. The molecule has 0 spiro atoms. The molecular formula is C20H24N2O6S. The van der Waals surface area contributed by atoms with Crippen molar-refractivity contribution >= 4 is 21.6 Å². The van der Waals surface area contributed by atoms with E-state index in [-0.39, 0.29) is 4.90 Å². The van der Waals surface area contributed by atoms with Gasteiger partial charge in [0.25, 0.3) is 0 Å². The minimum atomic E-state index is -3.88. The Kier molecular flexibility index (Phi) is 6.29. The SMILES string of the molecule is CCOc1ccc(S(=O)(=O)N[C@H](C)C(=O)Nc2ccc3c(c2)OCCO3)cc1C. The van der Waals surface area contributed by atoms with Gasteiger partial charge in [0, 0.05) is 11.8 Å². The molecule has 0 radical (unpaired) electrons. The van der Waals surface area contributed by atoms with Gasteiger partial charge in [0.1, 0.15) is 19.0 Å². The lowest BCUT2D eigenvalue weighted by Crippen LogP contribution is -2.41. The van der Waals surface area contributed by atoms with Gasteiger partial charge in [-0.15, -0.1) is 0 Å². The molecule has 2 aromatic carbocycles. The number of rotatable bonds is 7. The minimum absolute atomic E-state index is 0.0671. The van der Waals surface area contributed by atoms with Gasteiger partial charge in [0.05, 0.1) is 17.5 Å². The number of hydrogen-bond donors (Lipinski definition) is 2. The Labute approximate surface area is 170 Å². The lowest BCUT2D eigenvalue weighted by atomic mass is 10.2. The number of benzene rings is 2. The van der Waals surface area contributed by atoms with Gasteiger partial charge in [-0.1, -0.05) is 0 Å². The fourth-order valence-electron chi connectivity index (χ4n) is 2.83. The van der Waals surface area contributed by atoms with Crippen molar-refractivity contribution in [2.45, 2.75) is 31.7 Å². The van der Waals surface area contributed by atoms with Crippen molar-refractivity contribution in [3.8, 4) is 17.2 Å². The number of hydrogen-bond acceptors (Lipinski definition) is 6. The number of aryl methyl sites for hydroxylation is 1. The monoisotopic (exact) mass is 420 g/mol. The number of carbonyl (C=O) groups excluding carboxylic acids is 1. The van der Waals surface area contributed by atoms with Crippen LogP contribution in [-0.4, -0.2) is 40.2 Å². The smallest absolute Gasteiger partial charge is 0.242 e. The fraction of sp³-hybridized carbons (Fsp3) is 0.350. The zero-order valence-corrected chi connectivity index (χ0v) is 17.3. The summed E-state index contributed by atoms with van der Waals surface area (Å²) in [4.78, 5) is 12.5. The van der Waals surface area contributed by atoms with Crippen molar-refractivity contribution in [2.75, 3.05) is 25.1 Å². The largest absolute Gasteiger partial charge is 0.494 e. The van der Waals surface area contributed by atoms with Crippen LogP contribution < -0.4 is 24.2 Å². The molecule has 0 saturated carbocycles. The third kappa shape index (κ3) is 4.99. The lowest BCUT2D eigenvalue weighted by Gasteiger charge is -2.20. The molecule has 0 aromatic heterocycles. The first-order valence-corrected chi connectivity index (χ1v) is 10.7. The van der Waals surface area contributed by atoms with E-state index in [1.165, 1.54) is 19.1 Å². The molecule has 1 aliphatic rings. The van der Waals surface area contributed by atoms with Gasteiger partial charge >= 0.3 is 0 Å². The first kappa shape index (κ1) is 20.9. The van der Waals surface area contributed by atoms with E-state index in [1.807, 2.05) is 6.92 Å². The summed E-state index contributed by atoms with van der Waals surface area (Å²) in [5.41, 5.74) is 1.19. The zero-order valence-electron chi connectivity index (χ0n) is 16.5. The Hall–Kier alpha value is -2.78. The molecule has 2 aromatic rings. The van der Waals surface area contributed by atoms with Crippen LogP contribution in [0.5, 0.6) is 17.2 Å². The van der Waals surface area contributed by atoms with Crippen LogP contribution in [0, 0.1) is 6.92 Å². The average Bonchev–Trinajstić information content (AvgIpc) is 2.69. The Morgan fingerprint density at radius 1 is 1.14 bits per heavy atom. The first-order chi connectivity index (χ1) is 13.8. The number of fused-ring (bicyclic) bond motifs is 1. The number of amides is 1. The van der Waals surface area contributed by atoms with E-state index < -0.39 is 22.0 Å². The molecule has 156 valence electrons. The normalized spacial score (nSPS) is 14.2. The summed E-state index contributed by atoms with van der Waals surface area (Å²) in [6, 6.07) is 8.59. The second-order valence-electron chi connectivity index (χ2n) is 6.55. The summed E-state index contributed by atoms with van der Waals surface area (Å²) in [7, 11) is -3.88. The number of sulfonamides is 1. The minimum Gasteiger partial charge on any atom is -0.494 e. The molecule has 0 bridgehead atoms. The molecule has 0 unspecified atom stereocenters. The van der Waals surface area contributed by atoms with Gasteiger partial charge in [-0.3, -0.25) is 4.79 Å². The second-order valence-corrected chi connectivity index (χ2v) is 8.26. The number of carbonyl (C=O) groups is 1. The Morgan fingerprint density at radius 3 is 2.55 bits per heavy atom. The molecule has 8 nitrogen and oxygen atoms in total. The van der Waals surface area contributed by atoms with Crippen LogP contribution in [0.4, 0.5) is 5.69 Å². The average molecular weight is 420 g/mol. The van der Waals surface area contributed by atoms with Gasteiger partial charge in [-0.05, 0) is 56.7 Å². The van der Waals surface area contributed by atoms with E-state index in [4.69, 9.17) is 14.2 Å². The molecule has 0 saturated heterocycles. The third-order valence-electron chi connectivity index (χ3n) is 4.29. The summed E-state index contributed by atoms with van der Waals surface area (Å²) in [5, 5.41) is 2.68. The van der Waals surface area contributed by atoms with Gasteiger partial charge in [-0.2, -0.15) is 4.72 Å². The highest BCUT2D eigenvalue weighted by atomic mass is 32.2. The topological polar surface area (TPSA) is 103 Å². The maximum atomic E-state index is 12.6. The first-order valence-electron chi connectivity index (χ1n) is 9.26. The molecule has 2 N–H and O–H groups in total. The predicted molar refractivity (Wildman–Crippen MR) is 108 cm³/mol. The maximum Gasteiger partial charge on any atom is 0.242 e. The predicted octanol–water partition coefficient (Wildman–Crippen LogP) is 2.47. The summed E-state index contributed by atoms with van der Waals surface area (Å²) < 4.78 is 44.0. The fourth-order valence-corrected chi connectivity index (χ4v) is 4.12. The molecule has 3 rings (SSSR count). The number of anilines is 1. The molecule has 29 heavy (non-hydrogen) atoms. The van der Waals surface area contributed by atoms with Gasteiger partial charge < -0.3 is 19.5 Å². The van der Waals surface area contributed by atoms with Crippen molar-refractivity contribution in [2.24, 2.45) is 0 Å². The van der Waals surface area contributed by atoms with Crippen LogP contribution in [0.25, 0.3) is 0 Å². The maximum absolute atomic E-state index is 12.6. The molecule has 1 heterocycles. The van der Waals surface area contributed by atoms with Crippen LogP contribution in [0.3, 0.4) is 0 Å². The van der Waals surface area contributed by atoms with Crippen LogP contribution >= 0.6 is 0 Å². The Bertz CT molecular complexity index is 1010. The zero-order chi connectivity index (χ0) is 21.0. The summed E-state index contributed by atoms with van der Waals surface area (Å²) in [6.07, 6.45) is 0. The van der Waals surface area contributed by atoms with E-state index in [0.717, 1.165) is 0 Å². The van der Waals surface area contributed by atoms with Crippen molar-refractivity contribution in [3.05, 3.63) is 42.0 Å². The van der Waals surface area contributed by atoms with Crippen LogP contribution in [0.2, 0.25) is 0 Å². The summed E-state index contributed by atoms with van der Waals surface area (Å²) >= 11 is 0. The highest BCUT2D eigenvalue weighted by molar-refractivity contribution is 7.89. The van der Waals surface area contributed by atoms with Gasteiger partial charge in [-0.25, -0.2) is 8.42 Å². The van der Waals surface area contributed by atoms with Crippen LogP contribution in [-0.2, 0) is 14.8 Å². The Balaban J connectivity index is 1.67. The second kappa shape index (κ2) is 8.71. The van der Waals surface area contributed by atoms with Crippen LogP contribution in [0.15, 0.2) is 41.3 Å². The summed E-state index contributed by atoms with van der Waals surface area (Å²) in [6.45, 7) is 6.49. The Morgan fingerprint density at radius 2 is 1.86 bits per heavy atom. The molecule has 1 atom stereocenters. The molecule has 9 heteroatoms. The standard InChI is InChI=1S/C20H24N2O6S/c1-4-26-17-8-6-16(11-13(17)2)29(24,25)22-14(3)20(23)21-15-5-7-18-19(12-15)28-10-9-27-18/h5-8,11-12,14,22H,4,9-10H2,1-3H3,(H,21,23)/t14-/m1/s1. The summed E-state index contributed by atoms with van der Waals surface area (Å²) in [5.74, 6) is 1.27. The van der Waals surface area contributed by atoms with E-state index >= 15 is 0 Å². The van der Waals surface area contributed by atoms with Crippen LogP contribution in [0.1, 0.15) is 19.4 Å². The van der Waals surface area contributed by atoms with Crippen molar-refractivity contribution in [3.63, 3.8) is 0 Å². The molecule has 0 fully saturated rings. The van der Waals surface area contributed by atoms with E-state index in [0.29, 0.717) is 48.3 Å². The third-order valence-corrected chi connectivity index (χ3v) is 5.83. The quantitative estimate of drug-likeness (QED) is 0.713. The molecular weight excluding hydrogens is 396 g/mol. The van der Waals surface area contributed by atoms with Crippen molar-refractivity contribution in [1.29, 1.82) is 0 Å². The number of ether oxygens (including phenoxy) is 3. The molecule has 1 aliphatic heterocycles. The van der Waals surface area contributed by atoms with E-state index in [9.17, 15) is 13.2 Å². The van der Waals surface area contributed by atoms with Gasteiger partial charge in [0.2, 0.25) is 15.9 Å². The highest BCUT2D eigenvalue weighted by Crippen LogP contribution is 2.32. The van der Waals surface area contributed by atoms with Crippen molar-refractivity contribution < 1.29 is 27.4 Å². The van der Waals surface area contributed by atoms with Crippen molar-refractivity contribution in [1.82, 2.24) is 4.72 Å². The highest BCUT2D eigenvalue weighted by Gasteiger charge is 2.23. The van der Waals surface area contributed by atoms with Gasteiger partial charge in [0.15, 0.2) is 11.5 Å².